The van der Waals surface area contributed by atoms with Gasteiger partial charge in [-0.1, -0.05) is 13.3 Å². The molecule has 0 atom stereocenters. The lowest BCUT2D eigenvalue weighted by Crippen LogP contribution is -2.40. The highest BCUT2D eigenvalue weighted by molar-refractivity contribution is 5.34. The first kappa shape index (κ1) is 12.4. The van der Waals surface area contributed by atoms with Gasteiger partial charge in [0, 0.05) is 25.2 Å². The number of hydrogen-bond acceptors (Lipinski definition) is 3. The van der Waals surface area contributed by atoms with Crippen LogP contribution in [0.15, 0.2) is 18.3 Å². The standard InChI is InChI=1S/C14H23N3/c1-2-14(7-3-8-14)11-16-9-6-13-5-4-12(15)10-17-13/h4-5,10,16H,2-3,6-9,11,15H2,1H3. The van der Waals surface area contributed by atoms with Crippen molar-refractivity contribution in [3.8, 4) is 0 Å². The molecule has 1 aromatic heterocycles. The van der Waals surface area contributed by atoms with Crippen molar-refractivity contribution in [1.29, 1.82) is 0 Å². The van der Waals surface area contributed by atoms with Crippen molar-refractivity contribution in [3.05, 3.63) is 24.0 Å². The molecule has 0 radical (unpaired) electrons. The molecule has 0 amide bonds. The smallest absolute Gasteiger partial charge is 0.0501 e. The van der Waals surface area contributed by atoms with Crippen LogP contribution in [-0.2, 0) is 6.42 Å². The molecule has 1 fully saturated rings. The molecule has 0 spiro atoms. The lowest BCUT2D eigenvalue weighted by atomic mass is 9.67. The van der Waals surface area contributed by atoms with Crippen molar-refractivity contribution in [2.24, 2.45) is 5.41 Å². The third-order valence-corrected chi connectivity index (χ3v) is 4.07. The molecule has 0 saturated heterocycles. The Hall–Kier alpha value is -1.09. The molecule has 0 bridgehead atoms. The van der Waals surface area contributed by atoms with E-state index in [9.17, 15) is 0 Å². The Morgan fingerprint density at radius 2 is 2.24 bits per heavy atom. The summed E-state index contributed by atoms with van der Waals surface area (Å²) < 4.78 is 0. The van der Waals surface area contributed by atoms with Crippen molar-refractivity contribution in [3.63, 3.8) is 0 Å². The number of nitrogens with zero attached hydrogens (tertiary/aromatic N) is 1. The summed E-state index contributed by atoms with van der Waals surface area (Å²) in [4.78, 5) is 4.30. The van der Waals surface area contributed by atoms with Crippen LogP contribution < -0.4 is 11.1 Å². The maximum atomic E-state index is 5.60. The average Bonchev–Trinajstić information content (AvgIpc) is 2.30. The van der Waals surface area contributed by atoms with Crippen LogP contribution in [0.3, 0.4) is 0 Å². The van der Waals surface area contributed by atoms with E-state index >= 15 is 0 Å². The van der Waals surface area contributed by atoms with E-state index in [-0.39, 0.29) is 0 Å². The molecule has 94 valence electrons. The van der Waals surface area contributed by atoms with Crippen molar-refractivity contribution in [1.82, 2.24) is 10.3 Å². The Morgan fingerprint density at radius 3 is 2.76 bits per heavy atom. The lowest BCUT2D eigenvalue weighted by Gasteiger charge is -2.41. The predicted molar refractivity (Wildman–Crippen MR) is 71.8 cm³/mol. The molecular weight excluding hydrogens is 210 g/mol. The fourth-order valence-corrected chi connectivity index (χ4v) is 2.49. The van der Waals surface area contributed by atoms with E-state index in [1.54, 1.807) is 6.20 Å². The monoisotopic (exact) mass is 233 g/mol. The van der Waals surface area contributed by atoms with E-state index in [0.29, 0.717) is 5.41 Å². The van der Waals surface area contributed by atoms with Gasteiger partial charge < -0.3 is 11.1 Å². The molecule has 3 heteroatoms. The molecule has 0 aliphatic heterocycles. The number of nitrogens with one attached hydrogen (secondary N) is 1. The maximum absolute atomic E-state index is 5.60. The molecule has 2 rings (SSSR count). The zero-order chi connectivity index (χ0) is 12.1. The van der Waals surface area contributed by atoms with E-state index in [1.165, 1.54) is 32.2 Å². The minimum atomic E-state index is 0.606. The number of nitrogens with two attached hydrogens (primary N) is 1. The van der Waals surface area contributed by atoms with E-state index in [0.717, 1.165) is 24.3 Å². The summed E-state index contributed by atoms with van der Waals surface area (Å²) in [6.07, 6.45) is 8.23. The van der Waals surface area contributed by atoms with Crippen LogP contribution in [0.25, 0.3) is 0 Å². The molecule has 3 nitrogen and oxygen atoms in total. The number of rotatable bonds is 6. The summed E-state index contributed by atoms with van der Waals surface area (Å²) in [5.74, 6) is 0. The second-order valence-electron chi connectivity index (χ2n) is 5.22. The van der Waals surface area contributed by atoms with Crippen molar-refractivity contribution < 1.29 is 0 Å². The molecule has 1 aromatic rings. The minimum Gasteiger partial charge on any atom is -0.397 e. The number of nitrogen functional groups attached to an aromatic ring is 1. The van der Waals surface area contributed by atoms with Crippen molar-refractivity contribution in [2.75, 3.05) is 18.8 Å². The molecule has 1 saturated carbocycles. The van der Waals surface area contributed by atoms with Crippen LogP contribution in [0.1, 0.15) is 38.3 Å². The fourth-order valence-electron chi connectivity index (χ4n) is 2.49. The molecule has 1 aliphatic rings. The van der Waals surface area contributed by atoms with Gasteiger partial charge in [-0.15, -0.1) is 0 Å². The first-order valence-electron chi connectivity index (χ1n) is 6.65. The van der Waals surface area contributed by atoms with Gasteiger partial charge >= 0.3 is 0 Å². The van der Waals surface area contributed by atoms with E-state index in [2.05, 4.69) is 17.2 Å². The van der Waals surface area contributed by atoms with Crippen LogP contribution in [0.2, 0.25) is 0 Å². The van der Waals surface area contributed by atoms with Gasteiger partial charge in [0.05, 0.1) is 11.9 Å². The predicted octanol–water partition coefficient (Wildman–Crippen LogP) is 2.38. The number of hydrogen-bond donors (Lipinski definition) is 2. The Labute approximate surface area is 104 Å². The number of pyridine rings is 1. The van der Waals surface area contributed by atoms with E-state index in [4.69, 9.17) is 5.73 Å². The molecule has 1 aliphatic carbocycles. The Bertz CT molecular complexity index is 335. The van der Waals surface area contributed by atoms with Crippen LogP contribution in [0.5, 0.6) is 0 Å². The van der Waals surface area contributed by atoms with Gasteiger partial charge in [-0.3, -0.25) is 4.98 Å². The minimum absolute atomic E-state index is 0.606. The quantitative estimate of drug-likeness (QED) is 0.742. The molecule has 1 heterocycles. The Balaban J connectivity index is 1.67. The van der Waals surface area contributed by atoms with E-state index < -0.39 is 0 Å². The summed E-state index contributed by atoms with van der Waals surface area (Å²) in [6.45, 7) is 4.49. The zero-order valence-corrected chi connectivity index (χ0v) is 10.7. The molecule has 3 N–H and O–H groups in total. The first-order valence-corrected chi connectivity index (χ1v) is 6.65. The summed E-state index contributed by atoms with van der Waals surface area (Å²) >= 11 is 0. The van der Waals surface area contributed by atoms with Gasteiger partial charge in [0.1, 0.15) is 0 Å². The van der Waals surface area contributed by atoms with Gasteiger partial charge in [-0.05, 0) is 36.8 Å². The number of aromatic nitrogens is 1. The summed E-state index contributed by atoms with van der Waals surface area (Å²) in [5, 5.41) is 3.57. The largest absolute Gasteiger partial charge is 0.397 e. The summed E-state index contributed by atoms with van der Waals surface area (Å²) in [7, 11) is 0. The van der Waals surface area contributed by atoms with Gasteiger partial charge in [0.25, 0.3) is 0 Å². The van der Waals surface area contributed by atoms with Crippen molar-refractivity contribution >= 4 is 5.69 Å². The topological polar surface area (TPSA) is 50.9 Å². The van der Waals surface area contributed by atoms with Crippen LogP contribution in [-0.4, -0.2) is 18.1 Å². The van der Waals surface area contributed by atoms with Gasteiger partial charge in [0.2, 0.25) is 0 Å². The number of anilines is 1. The second kappa shape index (κ2) is 5.50. The Morgan fingerprint density at radius 1 is 1.41 bits per heavy atom. The average molecular weight is 233 g/mol. The highest BCUT2D eigenvalue weighted by Crippen LogP contribution is 2.42. The van der Waals surface area contributed by atoms with Crippen LogP contribution in [0, 0.1) is 5.41 Å². The van der Waals surface area contributed by atoms with Crippen LogP contribution in [0.4, 0.5) is 5.69 Å². The van der Waals surface area contributed by atoms with E-state index in [1.807, 2.05) is 12.1 Å². The van der Waals surface area contributed by atoms with Gasteiger partial charge in [0.15, 0.2) is 0 Å². The lowest BCUT2D eigenvalue weighted by molar-refractivity contribution is 0.124. The van der Waals surface area contributed by atoms with Crippen molar-refractivity contribution in [2.45, 2.75) is 39.0 Å². The molecule has 0 aromatic carbocycles. The molecular formula is C14H23N3. The SMILES string of the molecule is CCC1(CNCCc2ccc(N)cn2)CCC1. The summed E-state index contributed by atoms with van der Waals surface area (Å²) in [5.41, 5.74) is 8.06. The highest BCUT2D eigenvalue weighted by Gasteiger charge is 2.34. The third-order valence-electron chi connectivity index (χ3n) is 4.07. The third kappa shape index (κ3) is 3.19. The zero-order valence-electron chi connectivity index (χ0n) is 10.7. The van der Waals surface area contributed by atoms with Crippen LogP contribution >= 0.6 is 0 Å². The first-order chi connectivity index (χ1) is 8.24. The Kier molecular flexibility index (Phi) is 4.00. The fraction of sp³-hybridized carbons (Fsp3) is 0.643. The highest BCUT2D eigenvalue weighted by atomic mass is 14.9. The second-order valence-corrected chi connectivity index (χ2v) is 5.22. The van der Waals surface area contributed by atoms with Gasteiger partial charge in [-0.2, -0.15) is 0 Å². The molecule has 0 unspecified atom stereocenters. The summed E-state index contributed by atoms with van der Waals surface area (Å²) in [6, 6.07) is 3.93. The van der Waals surface area contributed by atoms with Gasteiger partial charge in [-0.25, -0.2) is 0 Å². The molecule has 17 heavy (non-hydrogen) atoms. The normalized spacial score (nSPS) is 17.7. The maximum Gasteiger partial charge on any atom is 0.0501 e.